The van der Waals surface area contributed by atoms with Crippen LogP contribution in [0.5, 0.6) is 0 Å². The molecule has 0 bridgehead atoms. The summed E-state index contributed by atoms with van der Waals surface area (Å²) in [6.07, 6.45) is 3.13. The van der Waals surface area contributed by atoms with Gasteiger partial charge in [0.25, 0.3) is 0 Å². The minimum Gasteiger partial charge on any atom is -0.394 e. The fraction of sp³-hybridized carbons (Fsp3) is 0.800. The lowest BCUT2D eigenvalue weighted by Crippen LogP contribution is -2.22. The van der Waals surface area contributed by atoms with Gasteiger partial charge < -0.3 is 5.11 Å². The second-order valence-corrected chi connectivity index (χ2v) is 4.21. The van der Waals surface area contributed by atoms with Crippen LogP contribution in [0.3, 0.4) is 0 Å². The van der Waals surface area contributed by atoms with Crippen LogP contribution in [0, 0.1) is 0 Å². The van der Waals surface area contributed by atoms with Crippen molar-refractivity contribution in [3.8, 4) is 0 Å². The number of aromatic nitrogens is 3. The van der Waals surface area contributed by atoms with Gasteiger partial charge in [-0.25, -0.2) is 9.67 Å². The molecule has 1 N–H and O–H groups in total. The number of hydrogen-bond donors (Lipinski definition) is 1. The third-order valence-corrected chi connectivity index (χ3v) is 2.73. The average molecular weight is 195 g/mol. The van der Waals surface area contributed by atoms with Crippen LogP contribution < -0.4 is 0 Å². The van der Waals surface area contributed by atoms with Crippen LogP contribution in [0.15, 0.2) is 0 Å². The second-order valence-electron chi connectivity index (χ2n) is 4.21. The SMILES string of the molecule is CC(C)c1nc2n(n1)C(CO)CCC2. The highest BCUT2D eigenvalue weighted by molar-refractivity contribution is 5.01. The number of aryl methyl sites for hydroxylation is 1. The summed E-state index contributed by atoms with van der Waals surface area (Å²) in [7, 11) is 0. The highest BCUT2D eigenvalue weighted by Gasteiger charge is 2.22. The number of nitrogens with zero attached hydrogens (tertiary/aromatic N) is 3. The number of hydrogen-bond acceptors (Lipinski definition) is 3. The van der Waals surface area contributed by atoms with Gasteiger partial charge in [-0.1, -0.05) is 13.8 Å². The first-order valence-corrected chi connectivity index (χ1v) is 5.28. The van der Waals surface area contributed by atoms with E-state index in [0.717, 1.165) is 30.9 Å². The largest absolute Gasteiger partial charge is 0.394 e. The van der Waals surface area contributed by atoms with Crippen LogP contribution >= 0.6 is 0 Å². The van der Waals surface area contributed by atoms with Gasteiger partial charge in [0, 0.05) is 12.3 Å². The molecule has 78 valence electrons. The Hall–Kier alpha value is -0.900. The maximum Gasteiger partial charge on any atom is 0.153 e. The third kappa shape index (κ3) is 1.54. The number of fused-ring (bicyclic) bond motifs is 1. The zero-order valence-corrected chi connectivity index (χ0v) is 8.77. The van der Waals surface area contributed by atoms with Crippen molar-refractivity contribution in [1.82, 2.24) is 14.8 Å². The van der Waals surface area contributed by atoms with Gasteiger partial charge in [-0.05, 0) is 12.8 Å². The maximum absolute atomic E-state index is 9.20. The fourth-order valence-corrected chi connectivity index (χ4v) is 1.87. The van der Waals surface area contributed by atoms with Gasteiger partial charge in [-0.3, -0.25) is 0 Å². The first kappa shape index (κ1) is 9.65. The molecule has 2 heterocycles. The van der Waals surface area contributed by atoms with E-state index in [9.17, 15) is 5.11 Å². The van der Waals surface area contributed by atoms with E-state index in [1.807, 2.05) is 4.68 Å². The predicted octanol–water partition coefficient (Wildman–Crippen LogP) is 1.27. The summed E-state index contributed by atoms with van der Waals surface area (Å²) < 4.78 is 1.92. The summed E-state index contributed by atoms with van der Waals surface area (Å²) in [4.78, 5) is 4.49. The Balaban J connectivity index is 2.33. The van der Waals surface area contributed by atoms with Gasteiger partial charge in [0.2, 0.25) is 0 Å². The average Bonchev–Trinajstić information content (AvgIpc) is 2.60. The van der Waals surface area contributed by atoms with E-state index >= 15 is 0 Å². The van der Waals surface area contributed by atoms with E-state index in [4.69, 9.17) is 0 Å². The molecule has 1 aromatic rings. The standard InChI is InChI=1S/C10H17N3O/c1-7(2)10-11-9-5-3-4-8(6-14)13(9)12-10/h7-8,14H,3-6H2,1-2H3. The van der Waals surface area contributed by atoms with E-state index in [1.165, 1.54) is 0 Å². The zero-order valence-electron chi connectivity index (χ0n) is 8.77. The molecule has 1 atom stereocenters. The van der Waals surface area contributed by atoms with Gasteiger partial charge in [-0.2, -0.15) is 5.10 Å². The number of aliphatic hydroxyl groups is 1. The topological polar surface area (TPSA) is 50.9 Å². The molecule has 1 aliphatic rings. The van der Waals surface area contributed by atoms with E-state index in [1.54, 1.807) is 0 Å². The van der Waals surface area contributed by atoms with Crippen LogP contribution in [-0.2, 0) is 6.42 Å². The molecular weight excluding hydrogens is 178 g/mol. The Morgan fingerprint density at radius 2 is 2.36 bits per heavy atom. The summed E-state index contributed by atoms with van der Waals surface area (Å²) in [5, 5.41) is 13.6. The Labute approximate surface area is 84.0 Å². The van der Waals surface area contributed by atoms with Crippen molar-refractivity contribution in [1.29, 1.82) is 0 Å². The molecule has 0 spiro atoms. The first-order chi connectivity index (χ1) is 6.72. The molecule has 0 amide bonds. The van der Waals surface area contributed by atoms with Gasteiger partial charge >= 0.3 is 0 Å². The molecule has 0 saturated carbocycles. The van der Waals surface area contributed by atoms with Crippen LogP contribution in [0.4, 0.5) is 0 Å². The van der Waals surface area contributed by atoms with Crippen molar-refractivity contribution in [2.45, 2.75) is 45.1 Å². The minimum atomic E-state index is 0.152. The van der Waals surface area contributed by atoms with Crippen molar-refractivity contribution in [2.24, 2.45) is 0 Å². The van der Waals surface area contributed by atoms with Gasteiger partial charge in [0.05, 0.1) is 12.6 Å². The minimum absolute atomic E-state index is 0.152. The number of aliphatic hydroxyl groups excluding tert-OH is 1. The lowest BCUT2D eigenvalue weighted by atomic mass is 10.1. The quantitative estimate of drug-likeness (QED) is 0.773. The van der Waals surface area contributed by atoms with Crippen LogP contribution in [0.1, 0.15) is 50.3 Å². The predicted molar refractivity (Wildman–Crippen MR) is 53.2 cm³/mol. The summed E-state index contributed by atoms with van der Waals surface area (Å²) in [6.45, 7) is 4.36. The lowest BCUT2D eigenvalue weighted by Gasteiger charge is -2.20. The van der Waals surface area contributed by atoms with Crippen molar-refractivity contribution >= 4 is 0 Å². The fourth-order valence-electron chi connectivity index (χ4n) is 1.87. The van der Waals surface area contributed by atoms with Crippen molar-refractivity contribution in [3.05, 3.63) is 11.6 Å². The molecule has 0 saturated heterocycles. The molecule has 0 radical (unpaired) electrons. The Morgan fingerprint density at radius 1 is 1.57 bits per heavy atom. The molecule has 0 aromatic carbocycles. The zero-order chi connectivity index (χ0) is 10.1. The summed E-state index contributed by atoms with van der Waals surface area (Å²) in [5.74, 6) is 2.31. The van der Waals surface area contributed by atoms with E-state index < -0.39 is 0 Å². The third-order valence-electron chi connectivity index (χ3n) is 2.73. The maximum atomic E-state index is 9.20. The number of rotatable bonds is 2. The molecule has 1 aliphatic heterocycles. The molecule has 14 heavy (non-hydrogen) atoms. The van der Waals surface area contributed by atoms with Gasteiger partial charge in [-0.15, -0.1) is 0 Å². The molecule has 4 heteroatoms. The molecule has 0 aliphatic carbocycles. The highest BCUT2D eigenvalue weighted by atomic mass is 16.3. The molecule has 2 rings (SSSR count). The molecule has 1 aromatic heterocycles. The normalized spacial score (nSPS) is 21.3. The van der Waals surface area contributed by atoms with E-state index in [0.29, 0.717) is 5.92 Å². The van der Waals surface area contributed by atoms with Gasteiger partial charge in [0.1, 0.15) is 5.82 Å². The van der Waals surface area contributed by atoms with Crippen LogP contribution in [0.2, 0.25) is 0 Å². The van der Waals surface area contributed by atoms with E-state index in [2.05, 4.69) is 23.9 Å². The molecular formula is C10H17N3O. The summed E-state index contributed by atoms with van der Waals surface area (Å²) in [5.41, 5.74) is 0. The molecule has 0 fully saturated rings. The smallest absolute Gasteiger partial charge is 0.153 e. The van der Waals surface area contributed by atoms with E-state index in [-0.39, 0.29) is 12.6 Å². The van der Waals surface area contributed by atoms with Crippen molar-refractivity contribution in [2.75, 3.05) is 6.61 Å². The second kappa shape index (κ2) is 3.69. The van der Waals surface area contributed by atoms with Gasteiger partial charge in [0.15, 0.2) is 5.82 Å². The van der Waals surface area contributed by atoms with Crippen LogP contribution in [-0.4, -0.2) is 26.5 Å². The van der Waals surface area contributed by atoms with Crippen molar-refractivity contribution < 1.29 is 5.11 Å². The first-order valence-electron chi connectivity index (χ1n) is 5.28. The Morgan fingerprint density at radius 3 is 3.00 bits per heavy atom. The monoisotopic (exact) mass is 195 g/mol. The van der Waals surface area contributed by atoms with Crippen LogP contribution in [0.25, 0.3) is 0 Å². The summed E-state index contributed by atoms with van der Waals surface area (Å²) in [6, 6.07) is 0.152. The summed E-state index contributed by atoms with van der Waals surface area (Å²) >= 11 is 0. The lowest BCUT2D eigenvalue weighted by molar-refractivity contribution is 0.194. The highest BCUT2D eigenvalue weighted by Crippen LogP contribution is 2.24. The Kier molecular flexibility index (Phi) is 2.54. The Bertz CT molecular complexity index is 319. The molecule has 4 nitrogen and oxygen atoms in total. The van der Waals surface area contributed by atoms with Crippen molar-refractivity contribution in [3.63, 3.8) is 0 Å². The molecule has 1 unspecified atom stereocenters.